The third-order valence-electron chi connectivity index (χ3n) is 2.85. The second kappa shape index (κ2) is 4.37. The van der Waals surface area contributed by atoms with Crippen molar-refractivity contribution < 1.29 is 4.39 Å². The lowest BCUT2D eigenvalue weighted by Gasteiger charge is -2.19. The van der Waals surface area contributed by atoms with E-state index in [0.717, 1.165) is 19.5 Å². The molecule has 82 valence electrons. The van der Waals surface area contributed by atoms with Crippen molar-refractivity contribution in [3.05, 3.63) is 29.0 Å². The van der Waals surface area contributed by atoms with Crippen molar-refractivity contribution in [2.45, 2.75) is 12.5 Å². The summed E-state index contributed by atoms with van der Waals surface area (Å²) < 4.78 is 13.6. The fraction of sp³-hybridized carbons (Fsp3) is 0.455. The molecule has 1 aliphatic rings. The largest absolute Gasteiger partial charge is 0.368 e. The predicted molar refractivity (Wildman–Crippen MR) is 61.1 cm³/mol. The minimum absolute atomic E-state index is 0.237. The fourth-order valence-corrected chi connectivity index (χ4v) is 2.11. The Labute approximate surface area is 94.0 Å². The van der Waals surface area contributed by atoms with E-state index in [0.29, 0.717) is 16.8 Å². The van der Waals surface area contributed by atoms with Crippen LogP contribution in [-0.4, -0.2) is 26.2 Å². The zero-order valence-electron chi connectivity index (χ0n) is 8.63. The zero-order valence-corrected chi connectivity index (χ0v) is 9.39. The molecular formula is C11H14ClFN2. The van der Waals surface area contributed by atoms with E-state index >= 15 is 0 Å². The summed E-state index contributed by atoms with van der Waals surface area (Å²) in [5, 5.41) is 3.65. The highest BCUT2D eigenvalue weighted by atomic mass is 35.5. The predicted octanol–water partition coefficient (Wildman–Crippen LogP) is 2.28. The number of hydrogen-bond acceptors (Lipinski definition) is 2. The molecule has 0 aromatic heterocycles. The summed E-state index contributed by atoms with van der Waals surface area (Å²) in [6.45, 7) is 1.75. The van der Waals surface area contributed by atoms with E-state index in [1.807, 2.05) is 11.9 Å². The quantitative estimate of drug-likeness (QED) is 0.836. The molecule has 1 heterocycles. The molecular weight excluding hydrogens is 215 g/mol. The topological polar surface area (TPSA) is 15.3 Å². The number of nitrogens with one attached hydrogen (secondary N) is 1. The average Bonchev–Trinajstić information content (AvgIpc) is 2.66. The molecule has 4 heteroatoms. The van der Waals surface area contributed by atoms with Crippen molar-refractivity contribution in [1.82, 2.24) is 5.32 Å². The van der Waals surface area contributed by atoms with Gasteiger partial charge in [0.15, 0.2) is 0 Å². The van der Waals surface area contributed by atoms with E-state index in [1.165, 1.54) is 6.07 Å². The summed E-state index contributed by atoms with van der Waals surface area (Å²) in [4.78, 5) is 2.05. The van der Waals surface area contributed by atoms with Gasteiger partial charge in [-0.3, -0.25) is 0 Å². The van der Waals surface area contributed by atoms with Gasteiger partial charge in [-0.05, 0) is 31.7 Å². The Morgan fingerprint density at radius 2 is 2.33 bits per heavy atom. The molecule has 0 radical (unpaired) electrons. The fourth-order valence-electron chi connectivity index (χ4n) is 1.95. The van der Waals surface area contributed by atoms with Gasteiger partial charge in [-0.25, -0.2) is 4.39 Å². The van der Waals surface area contributed by atoms with Crippen LogP contribution in [0.25, 0.3) is 0 Å². The summed E-state index contributed by atoms with van der Waals surface area (Å²) in [6, 6.07) is 5.30. The lowest BCUT2D eigenvalue weighted by molar-refractivity contribution is 0.609. The lowest BCUT2D eigenvalue weighted by atomic mass is 10.3. The number of rotatable bonds is 2. The van der Waals surface area contributed by atoms with E-state index < -0.39 is 0 Å². The first-order valence-electron chi connectivity index (χ1n) is 5.08. The smallest absolute Gasteiger partial charge is 0.147 e. The van der Waals surface area contributed by atoms with Crippen LogP contribution < -0.4 is 10.2 Å². The van der Waals surface area contributed by atoms with Gasteiger partial charge in [0.2, 0.25) is 0 Å². The zero-order chi connectivity index (χ0) is 10.8. The van der Waals surface area contributed by atoms with Gasteiger partial charge >= 0.3 is 0 Å². The molecule has 2 rings (SSSR count). The molecule has 1 unspecified atom stereocenters. The molecule has 0 aliphatic carbocycles. The first kappa shape index (κ1) is 10.7. The summed E-state index contributed by atoms with van der Waals surface area (Å²) in [6.07, 6.45) is 1.05. The Morgan fingerprint density at radius 3 is 2.93 bits per heavy atom. The number of likely N-dealkylation sites (N-methyl/N-ethyl adjacent to an activating group) is 1. The highest BCUT2D eigenvalue weighted by Crippen LogP contribution is 2.25. The molecule has 1 fully saturated rings. The number of hydrogen-bond donors (Lipinski definition) is 1. The Kier molecular flexibility index (Phi) is 3.12. The van der Waals surface area contributed by atoms with Crippen LogP contribution in [-0.2, 0) is 0 Å². The molecule has 1 N–H and O–H groups in total. The maximum atomic E-state index is 13.6. The summed E-state index contributed by atoms with van der Waals surface area (Å²) in [5.41, 5.74) is 0.650. The van der Waals surface area contributed by atoms with Gasteiger partial charge in [-0.15, -0.1) is 0 Å². The van der Waals surface area contributed by atoms with Crippen LogP contribution >= 0.6 is 11.6 Å². The summed E-state index contributed by atoms with van der Waals surface area (Å²) in [5.74, 6) is -0.237. The monoisotopic (exact) mass is 228 g/mol. The van der Waals surface area contributed by atoms with Crippen LogP contribution in [0, 0.1) is 5.82 Å². The van der Waals surface area contributed by atoms with Crippen LogP contribution in [0.3, 0.4) is 0 Å². The molecule has 0 spiro atoms. The molecule has 1 aliphatic heterocycles. The van der Waals surface area contributed by atoms with Crippen molar-refractivity contribution in [1.29, 1.82) is 0 Å². The second-order valence-corrected chi connectivity index (χ2v) is 4.25. The lowest BCUT2D eigenvalue weighted by Crippen LogP contribution is -2.29. The van der Waals surface area contributed by atoms with E-state index in [4.69, 9.17) is 11.6 Å². The molecule has 1 aromatic rings. The number of halogens is 2. The molecule has 0 saturated carbocycles. The molecule has 1 aromatic carbocycles. The van der Waals surface area contributed by atoms with Crippen molar-refractivity contribution in [2.24, 2.45) is 0 Å². The Hall–Kier alpha value is -0.800. The van der Waals surface area contributed by atoms with E-state index in [2.05, 4.69) is 5.32 Å². The standard InChI is InChI=1S/C11H14ClFN2/c1-14-9-4-5-15(7-9)11-3-2-8(12)6-10(11)13/h2-3,6,9,14H,4-5,7H2,1H3. The van der Waals surface area contributed by atoms with Gasteiger partial charge < -0.3 is 10.2 Å². The third kappa shape index (κ3) is 2.24. The van der Waals surface area contributed by atoms with Crippen LogP contribution in [0.2, 0.25) is 5.02 Å². The molecule has 15 heavy (non-hydrogen) atoms. The van der Waals surface area contributed by atoms with Gasteiger partial charge in [0.1, 0.15) is 5.82 Å². The van der Waals surface area contributed by atoms with Crippen molar-refractivity contribution in [3.8, 4) is 0 Å². The van der Waals surface area contributed by atoms with Gasteiger partial charge in [-0.2, -0.15) is 0 Å². The third-order valence-corrected chi connectivity index (χ3v) is 3.08. The maximum Gasteiger partial charge on any atom is 0.147 e. The number of anilines is 1. The summed E-state index contributed by atoms with van der Waals surface area (Å²) in [7, 11) is 1.94. The Balaban J connectivity index is 2.17. The second-order valence-electron chi connectivity index (χ2n) is 3.82. The van der Waals surface area contributed by atoms with E-state index in [1.54, 1.807) is 12.1 Å². The van der Waals surface area contributed by atoms with Crippen molar-refractivity contribution in [3.63, 3.8) is 0 Å². The first-order valence-corrected chi connectivity index (χ1v) is 5.46. The highest BCUT2D eigenvalue weighted by molar-refractivity contribution is 6.30. The maximum absolute atomic E-state index is 13.6. The minimum atomic E-state index is -0.237. The van der Waals surface area contributed by atoms with Crippen LogP contribution in [0.15, 0.2) is 18.2 Å². The van der Waals surface area contributed by atoms with Crippen molar-refractivity contribution >= 4 is 17.3 Å². The Bertz CT molecular complexity index is 356. The highest BCUT2D eigenvalue weighted by Gasteiger charge is 2.22. The molecule has 0 amide bonds. The van der Waals surface area contributed by atoms with Crippen LogP contribution in [0.4, 0.5) is 10.1 Å². The van der Waals surface area contributed by atoms with Crippen molar-refractivity contribution in [2.75, 3.05) is 25.0 Å². The number of nitrogens with zero attached hydrogens (tertiary/aromatic N) is 1. The number of benzene rings is 1. The Morgan fingerprint density at radius 1 is 1.53 bits per heavy atom. The minimum Gasteiger partial charge on any atom is -0.368 e. The van der Waals surface area contributed by atoms with E-state index in [9.17, 15) is 4.39 Å². The normalized spacial score (nSPS) is 21.0. The van der Waals surface area contributed by atoms with Crippen LogP contribution in [0.5, 0.6) is 0 Å². The average molecular weight is 229 g/mol. The van der Waals surface area contributed by atoms with Gasteiger partial charge in [0.05, 0.1) is 5.69 Å². The van der Waals surface area contributed by atoms with Gasteiger partial charge in [0.25, 0.3) is 0 Å². The summed E-state index contributed by atoms with van der Waals surface area (Å²) >= 11 is 5.71. The molecule has 0 bridgehead atoms. The van der Waals surface area contributed by atoms with E-state index in [-0.39, 0.29) is 5.82 Å². The molecule has 1 atom stereocenters. The molecule has 1 saturated heterocycles. The van der Waals surface area contributed by atoms with Gasteiger partial charge in [-0.1, -0.05) is 11.6 Å². The first-order chi connectivity index (χ1) is 7.20. The van der Waals surface area contributed by atoms with Gasteiger partial charge in [0, 0.05) is 24.2 Å². The SMILES string of the molecule is CNC1CCN(c2ccc(Cl)cc2F)C1. The molecule has 2 nitrogen and oxygen atoms in total. The van der Waals surface area contributed by atoms with Crippen LogP contribution in [0.1, 0.15) is 6.42 Å².